The summed E-state index contributed by atoms with van der Waals surface area (Å²) in [6.45, 7) is -0.788. The number of carbonyl (C=O) groups is 2. The van der Waals surface area contributed by atoms with Crippen LogP contribution in [-0.2, 0) is 4.79 Å². The number of amides is 1. The fourth-order valence-corrected chi connectivity index (χ4v) is 3.88. The molecule has 2 aromatic heterocycles. The van der Waals surface area contributed by atoms with E-state index in [0.29, 0.717) is 11.1 Å². The molecule has 0 aliphatic carbocycles. The molecule has 3 aromatic rings. The minimum absolute atomic E-state index is 0.146. The Labute approximate surface area is 189 Å². The molecule has 1 aromatic carbocycles. The number of carbonyl (C=O) groups excluding carboxylic acids is 2. The molecule has 0 N–H and O–H groups in total. The van der Waals surface area contributed by atoms with Crippen molar-refractivity contribution in [1.82, 2.24) is 14.9 Å². The van der Waals surface area contributed by atoms with Crippen molar-refractivity contribution in [2.45, 2.75) is 31.2 Å². The lowest BCUT2D eigenvalue weighted by atomic mass is 10.0. The highest BCUT2D eigenvalue weighted by atomic mass is 19.3. The summed E-state index contributed by atoms with van der Waals surface area (Å²) in [6.07, 6.45) is 9.13. The maximum Gasteiger partial charge on any atom is 0.268 e. The molecule has 0 radical (unpaired) electrons. The zero-order chi connectivity index (χ0) is 23.4. The molecule has 3 heterocycles. The van der Waals surface area contributed by atoms with E-state index in [1.807, 2.05) is 30.3 Å². The summed E-state index contributed by atoms with van der Waals surface area (Å²) in [7, 11) is 0. The Morgan fingerprint density at radius 2 is 1.88 bits per heavy atom. The Hall–Kier alpha value is -3.99. The highest BCUT2D eigenvalue weighted by Gasteiger charge is 2.47. The molecule has 0 unspecified atom stereocenters. The SMILES string of the molecule is N#C[C@@H]1CC(F)(F)CN1C(=O)CCC(=O)c1ccncc1/C=C/c1ccc2cnccc2c1. The second kappa shape index (κ2) is 9.25. The summed E-state index contributed by atoms with van der Waals surface area (Å²) in [6, 6.07) is 9.96. The fourth-order valence-electron chi connectivity index (χ4n) is 3.88. The molecule has 0 bridgehead atoms. The molecular formula is C25H20F2N4O2. The van der Waals surface area contributed by atoms with Crippen LogP contribution in [0.3, 0.4) is 0 Å². The van der Waals surface area contributed by atoms with Gasteiger partial charge < -0.3 is 4.90 Å². The van der Waals surface area contributed by atoms with Crippen molar-refractivity contribution in [1.29, 1.82) is 5.26 Å². The maximum atomic E-state index is 13.6. The smallest absolute Gasteiger partial charge is 0.268 e. The molecule has 4 rings (SSSR count). The molecule has 1 aliphatic rings. The van der Waals surface area contributed by atoms with Crippen molar-refractivity contribution >= 4 is 34.6 Å². The van der Waals surface area contributed by atoms with Crippen LogP contribution in [0.25, 0.3) is 22.9 Å². The van der Waals surface area contributed by atoms with E-state index in [1.165, 1.54) is 6.20 Å². The standard InChI is InChI=1S/C25H20F2N4O2/c26-25(27)12-21(13-28)31(16-25)24(33)6-5-23(32)22-8-10-30-15-20(22)4-2-17-1-3-19-14-29-9-7-18(19)11-17/h1-4,7-11,14-15,21H,5-6,12,16H2/b4-2+/t21-/m0/s1. The third-order valence-electron chi connectivity index (χ3n) is 5.58. The highest BCUT2D eigenvalue weighted by molar-refractivity contribution is 6.01. The van der Waals surface area contributed by atoms with Crippen molar-refractivity contribution in [3.05, 3.63) is 71.8 Å². The fraction of sp³-hybridized carbons (Fsp3) is 0.240. The monoisotopic (exact) mass is 446 g/mol. The number of nitrogens with zero attached hydrogens (tertiary/aromatic N) is 4. The van der Waals surface area contributed by atoms with Crippen molar-refractivity contribution < 1.29 is 18.4 Å². The number of hydrogen-bond donors (Lipinski definition) is 0. The number of nitriles is 1. The van der Waals surface area contributed by atoms with Crippen LogP contribution < -0.4 is 0 Å². The molecule has 166 valence electrons. The van der Waals surface area contributed by atoms with Crippen LogP contribution in [-0.4, -0.2) is 45.1 Å². The number of hydrogen-bond acceptors (Lipinski definition) is 5. The second-order valence-corrected chi connectivity index (χ2v) is 7.93. The molecule has 1 aliphatic heterocycles. The average molecular weight is 446 g/mol. The highest BCUT2D eigenvalue weighted by Crippen LogP contribution is 2.32. The zero-order valence-corrected chi connectivity index (χ0v) is 17.6. The predicted octanol–water partition coefficient (Wildman–Crippen LogP) is 4.52. The van der Waals surface area contributed by atoms with E-state index in [-0.39, 0.29) is 18.6 Å². The molecule has 1 amide bonds. The van der Waals surface area contributed by atoms with Crippen LogP contribution in [0.2, 0.25) is 0 Å². The van der Waals surface area contributed by atoms with Gasteiger partial charge in [-0.1, -0.05) is 24.3 Å². The van der Waals surface area contributed by atoms with Gasteiger partial charge in [-0.2, -0.15) is 5.26 Å². The predicted molar refractivity (Wildman–Crippen MR) is 119 cm³/mol. The number of likely N-dealkylation sites (tertiary alicyclic amines) is 1. The van der Waals surface area contributed by atoms with Gasteiger partial charge in [0.05, 0.1) is 12.6 Å². The third kappa shape index (κ3) is 5.09. The Morgan fingerprint density at radius 1 is 1.09 bits per heavy atom. The van der Waals surface area contributed by atoms with Gasteiger partial charge in [0.25, 0.3) is 5.92 Å². The van der Waals surface area contributed by atoms with E-state index >= 15 is 0 Å². The van der Waals surface area contributed by atoms with Gasteiger partial charge in [-0.25, -0.2) is 8.78 Å². The van der Waals surface area contributed by atoms with Crippen molar-refractivity contribution in [2.75, 3.05) is 6.54 Å². The summed E-state index contributed by atoms with van der Waals surface area (Å²) < 4.78 is 27.2. The lowest BCUT2D eigenvalue weighted by Crippen LogP contribution is -2.36. The summed E-state index contributed by atoms with van der Waals surface area (Å²) in [4.78, 5) is 34.2. The molecule has 0 saturated carbocycles. The minimum atomic E-state index is -3.08. The van der Waals surface area contributed by atoms with Crippen molar-refractivity contribution in [2.24, 2.45) is 0 Å². The van der Waals surface area contributed by atoms with Gasteiger partial charge in [-0.3, -0.25) is 19.6 Å². The first-order valence-corrected chi connectivity index (χ1v) is 10.4. The van der Waals surface area contributed by atoms with E-state index in [2.05, 4.69) is 9.97 Å². The molecule has 1 atom stereocenters. The van der Waals surface area contributed by atoms with Gasteiger partial charge in [0.2, 0.25) is 5.91 Å². The maximum absolute atomic E-state index is 13.6. The topological polar surface area (TPSA) is 87.0 Å². The van der Waals surface area contributed by atoms with Gasteiger partial charge in [-0.05, 0) is 29.1 Å². The number of halogens is 2. The molecule has 6 nitrogen and oxygen atoms in total. The summed E-state index contributed by atoms with van der Waals surface area (Å²) in [5.74, 6) is -4.00. The lowest BCUT2D eigenvalue weighted by molar-refractivity contribution is -0.132. The van der Waals surface area contributed by atoms with Gasteiger partial charge in [0, 0.05) is 60.6 Å². The number of Topliss-reactive ketones (excluding diaryl/α,β-unsaturated/α-hetero) is 1. The third-order valence-corrected chi connectivity index (χ3v) is 5.58. The molecule has 1 fully saturated rings. The van der Waals surface area contributed by atoms with Crippen LogP contribution in [0.5, 0.6) is 0 Å². The molecule has 0 spiro atoms. The molecular weight excluding hydrogens is 426 g/mol. The number of fused-ring (bicyclic) bond motifs is 1. The average Bonchev–Trinajstić information content (AvgIpc) is 3.15. The first-order chi connectivity index (χ1) is 15.9. The number of ketones is 1. The Morgan fingerprint density at radius 3 is 2.70 bits per heavy atom. The minimum Gasteiger partial charge on any atom is -0.320 e. The Kier molecular flexibility index (Phi) is 6.22. The number of alkyl halides is 2. The normalized spacial score (nSPS) is 17.4. The van der Waals surface area contributed by atoms with E-state index in [4.69, 9.17) is 5.26 Å². The van der Waals surface area contributed by atoms with E-state index in [0.717, 1.165) is 21.2 Å². The van der Waals surface area contributed by atoms with Crippen LogP contribution in [0.1, 0.15) is 40.7 Å². The number of benzene rings is 1. The first kappa shape index (κ1) is 22.2. The van der Waals surface area contributed by atoms with Crippen LogP contribution in [0, 0.1) is 11.3 Å². The van der Waals surface area contributed by atoms with E-state index in [9.17, 15) is 18.4 Å². The first-order valence-electron chi connectivity index (χ1n) is 10.4. The second-order valence-electron chi connectivity index (χ2n) is 7.93. The zero-order valence-electron chi connectivity index (χ0n) is 17.6. The number of aromatic nitrogens is 2. The van der Waals surface area contributed by atoms with Crippen molar-refractivity contribution in [3.8, 4) is 6.07 Å². The summed E-state index contributed by atoms with van der Waals surface area (Å²) in [5.41, 5.74) is 1.92. The largest absolute Gasteiger partial charge is 0.320 e. The van der Waals surface area contributed by atoms with Gasteiger partial charge in [0.1, 0.15) is 6.04 Å². The van der Waals surface area contributed by atoms with Gasteiger partial charge >= 0.3 is 0 Å². The Bertz CT molecular complexity index is 1280. The van der Waals surface area contributed by atoms with Crippen molar-refractivity contribution in [3.63, 3.8) is 0 Å². The van der Waals surface area contributed by atoms with Gasteiger partial charge in [0.15, 0.2) is 5.78 Å². The molecule has 8 heteroatoms. The van der Waals surface area contributed by atoms with Crippen LogP contribution in [0.4, 0.5) is 8.78 Å². The van der Waals surface area contributed by atoms with E-state index in [1.54, 1.807) is 36.8 Å². The van der Waals surface area contributed by atoms with Gasteiger partial charge in [-0.15, -0.1) is 0 Å². The summed E-state index contributed by atoms with van der Waals surface area (Å²) in [5, 5.41) is 11.1. The molecule has 33 heavy (non-hydrogen) atoms. The van der Waals surface area contributed by atoms with Crippen LogP contribution >= 0.6 is 0 Å². The molecule has 1 saturated heterocycles. The van der Waals surface area contributed by atoms with E-state index < -0.39 is 30.8 Å². The number of pyridine rings is 2. The number of rotatable bonds is 6. The Balaban J connectivity index is 1.45. The van der Waals surface area contributed by atoms with Crippen LogP contribution in [0.15, 0.2) is 55.1 Å². The quantitative estimate of drug-likeness (QED) is 0.520. The summed E-state index contributed by atoms with van der Waals surface area (Å²) >= 11 is 0. The lowest BCUT2D eigenvalue weighted by Gasteiger charge is -2.18.